The third-order valence-corrected chi connectivity index (χ3v) is 3.96. The van der Waals surface area contributed by atoms with E-state index in [1.165, 1.54) is 5.56 Å². The maximum atomic E-state index is 12.2. The van der Waals surface area contributed by atoms with Gasteiger partial charge in [-0.15, -0.1) is 0 Å². The number of hydrogen-bond acceptors (Lipinski definition) is 3. The molecule has 3 rings (SSSR count). The van der Waals surface area contributed by atoms with E-state index in [1.807, 2.05) is 17.0 Å². The van der Waals surface area contributed by atoms with E-state index < -0.39 is 0 Å². The third kappa shape index (κ3) is 2.78. The number of hydrogen-bond donors (Lipinski definition) is 2. The molecular formula is C15H21N3O2. The maximum Gasteiger partial charge on any atom is 0.317 e. The van der Waals surface area contributed by atoms with Crippen LogP contribution in [0.25, 0.3) is 0 Å². The summed E-state index contributed by atoms with van der Waals surface area (Å²) >= 11 is 0. The first-order valence-corrected chi connectivity index (χ1v) is 7.10. The number of nitrogens with one attached hydrogen (secondary N) is 2. The SMILES string of the molecule is Cc1cccc(CNC(=O)N2CCOC3(CNC3)C2)c1. The van der Waals surface area contributed by atoms with Gasteiger partial charge in [-0.2, -0.15) is 0 Å². The molecule has 0 bridgehead atoms. The van der Waals surface area contributed by atoms with Crippen molar-refractivity contribution in [2.24, 2.45) is 0 Å². The lowest BCUT2D eigenvalue weighted by Gasteiger charge is -2.48. The molecule has 0 aromatic heterocycles. The van der Waals surface area contributed by atoms with Crippen LogP contribution in [0.1, 0.15) is 11.1 Å². The van der Waals surface area contributed by atoms with Crippen LogP contribution in [0.3, 0.4) is 0 Å². The summed E-state index contributed by atoms with van der Waals surface area (Å²) in [6, 6.07) is 8.20. The van der Waals surface area contributed by atoms with Gasteiger partial charge in [0.1, 0.15) is 5.60 Å². The Labute approximate surface area is 119 Å². The van der Waals surface area contributed by atoms with Gasteiger partial charge in [-0.1, -0.05) is 29.8 Å². The van der Waals surface area contributed by atoms with Crippen LogP contribution in [-0.4, -0.2) is 49.3 Å². The molecule has 0 atom stereocenters. The first-order chi connectivity index (χ1) is 9.67. The van der Waals surface area contributed by atoms with Gasteiger partial charge < -0.3 is 20.3 Å². The highest BCUT2D eigenvalue weighted by atomic mass is 16.5. The third-order valence-electron chi connectivity index (χ3n) is 3.96. The largest absolute Gasteiger partial charge is 0.369 e. The fraction of sp³-hybridized carbons (Fsp3) is 0.533. The van der Waals surface area contributed by atoms with Gasteiger partial charge in [-0.25, -0.2) is 4.79 Å². The van der Waals surface area contributed by atoms with Gasteiger partial charge in [0, 0.05) is 26.2 Å². The number of carbonyl (C=O) groups is 1. The van der Waals surface area contributed by atoms with Gasteiger partial charge in [0.25, 0.3) is 0 Å². The number of nitrogens with zero attached hydrogens (tertiary/aromatic N) is 1. The smallest absolute Gasteiger partial charge is 0.317 e. The number of aryl methyl sites for hydroxylation is 1. The quantitative estimate of drug-likeness (QED) is 0.842. The molecule has 20 heavy (non-hydrogen) atoms. The fourth-order valence-corrected chi connectivity index (χ4v) is 2.75. The van der Waals surface area contributed by atoms with E-state index in [-0.39, 0.29) is 11.6 Å². The predicted octanol–water partition coefficient (Wildman–Crippen LogP) is 0.879. The van der Waals surface area contributed by atoms with Crippen molar-refractivity contribution in [3.8, 4) is 0 Å². The van der Waals surface area contributed by atoms with Crippen molar-refractivity contribution < 1.29 is 9.53 Å². The number of ether oxygens (including phenoxy) is 1. The topological polar surface area (TPSA) is 53.6 Å². The van der Waals surface area contributed by atoms with E-state index in [4.69, 9.17) is 4.74 Å². The summed E-state index contributed by atoms with van der Waals surface area (Å²) in [5.41, 5.74) is 2.20. The van der Waals surface area contributed by atoms with Crippen molar-refractivity contribution in [2.75, 3.05) is 32.8 Å². The normalized spacial score (nSPS) is 20.6. The summed E-state index contributed by atoms with van der Waals surface area (Å²) in [5.74, 6) is 0. The first-order valence-electron chi connectivity index (χ1n) is 7.10. The van der Waals surface area contributed by atoms with Gasteiger partial charge >= 0.3 is 6.03 Å². The van der Waals surface area contributed by atoms with Gasteiger partial charge in [0.15, 0.2) is 0 Å². The average Bonchev–Trinajstić information content (AvgIpc) is 2.43. The van der Waals surface area contributed by atoms with Crippen molar-refractivity contribution in [1.82, 2.24) is 15.5 Å². The molecule has 2 aliphatic heterocycles. The second kappa shape index (κ2) is 5.42. The number of urea groups is 1. The van der Waals surface area contributed by atoms with Crippen LogP contribution in [0, 0.1) is 6.92 Å². The minimum atomic E-state index is -0.140. The molecule has 1 aromatic carbocycles. The van der Waals surface area contributed by atoms with E-state index in [0.717, 1.165) is 18.7 Å². The maximum absolute atomic E-state index is 12.2. The lowest BCUT2D eigenvalue weighted by molar-refractivity contribution is -0.125. The Kier molecular flexibility index (Phi) is 3.63. The van der Waals surface area contributed by atoms with E-state index in [1.54, 1.807) is 0 Å². The average molecular weight is 275 g/mol. The summed E-state index contributed by atoms with van der Waals surface area (Å²) in [4.78, 5) is 14.1. The lowest BCUT2D eigenvalue weighted by Crippen LogP contribution is -2.69. The van der Waals surface area contributed by atoms with E-state index in [0.29, 0.717) is 26.2 Å². The van der Waals surface area contributed by atoms with E-state index >= 15 is 0 Å². The van der Waals surface area contributed by atoms with Crippen LogP contribution >= 0.6 is 0 Å². The molecule has 2 saturated heterocycles. The van der Waals surface area contributed by atoms with Crippen molar-refractivity contribution in [1.29, 1.82) is 0 Å². The molecule has 2 aliphatic rings. The first kappa shape index (κ1) is 13.4. The fourth-order valence-electron chi connectivity index (χ4n) is 2.75. The standard InChI is InChI=1S/C15H21N3O2/c1-12-3-2-4-13(7-12)8-17-14(19)18-5-6-20-15(11-18)9-16-10-15/h2-4,7,16H,5-6,8-11H2,1H3,(H,17,19). The highest BCUT2D eigenvalue weighted by Gasteiger charge is 2.43. The van der Waals surface area contributed by atoms with Crippen molar-refractivity contribution >= 4 is 6.03 Å². The Morgan fingerprint density at radius 3 is 3.05 bits per heavy atom. The predicted molar refractivity (Wildman–Crippen MR) is 76.5 cm³/mol. The highest BCUT2D eigenvalue weighted by Crippen LogP contribution is 2.22. The highest BCUT2D eigenvalue weighted by molar-refractivity contribution is 5.74. The minimum absolute atomic E-state index is 0.00100. The number of benzene rings is 1. The van der Waals surface area contributed by atoms with Gasteiger partial charge in [-0.3, -0.25) is 0 Å². The molecule has 1 spiro atoms. The Hall–Kier alpha value is -1.59. The number of morpholine rings is 1. The van der Waals surface area contributed by atoms with Crippen molar-refractivity contribution in [3.63, 3.8) is 0 Å². The summed E-state index contributed by atoms with van der Waals surface area (Å²) in [6.45, 7) is 6.29. The Balaban J connectivity index is 1.54. The molecule has 2 amide bonds. The summed E-state index contributed by atoms with van der Waals surface area (Å²) < 4.78 is 5.78. The van der Waals surface area contributed by atoms with Crippen LogP contribution < -0.4 is 10.6 Å². The second-order valence-electron chi connectivity index (χ2n) is 5.70. The van der Waals surface area contributed by atoms with Crippen LogP contribution in [0.5, 0.6) is 0 Å². The monoisotopic (exact) mass is 275 g/mol. The van der Waals surface area contributed by atoms with Crippen LogP contribution in [0.2, 0.25) is 0 Å². The van der Waals surface area contributed by atoms with Crippen LogP contribution in [0.15, 0.2) is 24.3 Å². The second-order valence-corrected chi connectivity index (χ2v) is 5.70. The molecular weight excluding hydrogens is 254 g/mol. The van der Waals surface area contributed by atoms with Gasteiger partial charge in [-0.05, 0) is 12.5 Å². The minimum Gasteiger partial charge on any atom is -0.369 e. The summed E-state index contributed by atoms with van der Waals surface area (Å²) in [5, 5.41) is 6.20. The van der Waals surface area contributed by atoms with Crippen LogP contribution in [-0.2, 0) is 11.3 Å². The number of rotatable bonds is 2. The molecule has 108 valence electrons. The van der Waals surface area contributed by atoms with E-state index in [2.05, 4.69) is 29.7 Å². The zero-order chi connectivity index (χ0) is 14.0. The number of amides is 2. The molecule has 2 N–H and O–H groups in total. The van der Waals surface area contributed by atoms with E-state index in [9.17, 15) is 4.79 Å². The molecule has 5 heteroatoms. The molecule has 1 aromatic rings. The lowest BCUT2D eigenvalue weighted by atomic mass is 9.95. The zero-order valence-electron chi connectivity index (χ0n) is 11.8. The Morgan fingerprint density at radius 1 is 1.50 bits per heavy atom. The zero-order valence-corrected chi connectivity index (χ0v) is 11.8. The molecule has 0 aliphatic carbocycles. The molecule has 0 saturated carbocycles. The number of carbonyl (C=O) groups excluding carboxylic acids is 1. The molecule has 2 heterocycles. The van der Waals surface area contributed by atoms with Crippen molar-refractivity contribution in [3.05, 3.63) is 35.4 Å². The molecule has 0 unspecified atom stereocenters. The molecule has 2 fully saturated rings. The van der Waals surface area contributed by atoms with Gasteiger partial charge in [0.05, 0.1) is 13.2 Å². The summed E-state index contributed by atoms with van der Waals surface area (Å²) in [7, 11) is 0. The summed E-state index contributed by atoms with van der Waals surface area (Å²) in [6.07, 6.45) is 0. The van der Waals surface area contributed by atoms with Crippen molar-refractivity contribution in [2.45, 2.75) is 19.1 Å². The molecule has 0 radical (unpaired) electrons. The molecule has 5 nitrogen and oxygen atoms in total. The van der Waals surface area contributed by atoms with Gasteiger partial charge in [0.2, 0.25) is 0 Å². The Bertz CT molecular complexity index is 500. The van der Waals surface area contributed by atoms with Crippen LogP contribution in [0.4, 0.5) is 4.79 Å². The Morgan fingerprint density at radius 2 is 2.35 bits per heavy atom.